The number of nitriles is 1. The number of carbonyl (C=O) groups excluding carboxylic acids is 2. The SMILES string of the molecule is C=C(/C=C(\Nc1cccc(C#N)c1)C(=O)Nc1cc2c(cc1F)CN(C(=O)OC(C)(C)C)CC2)C(F)(F)F. The molecule has 2 aromatic rings. The number of hydrogen-bond acceptors (Lipinski definition) is 5. The Kier molecular flexibility index (Phi) is 8.15. The van der Waals surface area contributed by atoms with E-state index in [2.05, 4.69) is 17.2 Å². The van der Waals surface area contributed by atoms with Gasteiger partial charge in [0.15, 0.2) is 0 Å². The van der Waals surface area contributed by atoms with Crippen LogP contribution in [0.5, 0.6) is 0 Å². The lowest BCUT2D eigenvalue weighted by atomic mass is 9.99. The maximum atomic E-state index is 15.0. The molecule has 0 spiro atoms. The largest absolute Gasteiger partial charge is 0.444 e. The smallest absolute Gasteiger partial charge is 0.415 e. The van der Waals surface area contributed by atoms with Crippen LogP contribution in [-0.4, -0.2) is 35.2 Å². The second kappa shape index (κ2) is 11.0. The van der Waals surface area contributed by atoms with Crippen LogP contribution in [0.4, 0.5) is 33.7 Å². The van der Waals surface area contributed by atoms with Gasteiger partial charge in [0.1, 0.15) is 17.1 Å². The number of benzene rings is 2. The van der Waals surface area contributed by atoms with Crippen LogP contribution in [0, 0.1) is 17.1 Å². The molecule has 3 rings (SSSR count). The molecule has 1 aliphatic rings. The van der Waals surface area contributed by atoms with E-state index in [1.807, 2.05) is 6.07 Å². The van der Waals surface area contributed by atoms with Gasteiger partial charge in [-0.25, -0.2) is 9.18 Å². The lowest BCUT2D eigenvalue weighted by molar-refractivity contribution is -0.112. The third-order valence-corrected chi connectivity index (χ3v) is 5.40. The first-order valence-electron chi connectivity index (χ1n) is 11.5. The van der Waals surface area contributed by atoms with Crippen molar-refractivity contribution in [3.8, 4) is 6.07 Å². The first-order valence-corrected chi connectivity index (χ1v) is 11.5. The molecule has 11 heteroatoms. The number of amides is 2. The monoisotopic (exact) mass is 530 g/mol. The van der Waals surface area contributed by atoms with Crippen LogP contribution in [0.1, 0.15) is 37.5 Å². The molecule has 2 amide bonds. The Morgan fingerprint density at radius 1 is 1.13 bits per heavy atom. The molecule has 0 saturated heterocycles. The van der Waals surface area contributed by atoms with Gasteiger partial charge in [-0.1, -0.05) is 12.6 Å². The number of nitrogens with zero attached hydrogens (tertiary/aromatic N) is 2. The van der Waals surface area contributed by atoms with Crippen molar-refractivity contribution in [2.24, 2.45) is 0 Å². The average Bonchev–Trinajstić information content (AvgIpc) is 2.82. The predicted molar refractivity (Wildman–Crippen MR) is 133 cm³/mol. The molecule has 0 fully saturated rings. The highest BCUT2D eigenvalue weighted by Crippen LogP contribution is 2.29. The number of carbonyl (C=O) groups is 2. The van der Waals surface area contributed by atoms with Gasteiger partial charge < -0.3 is 20.3 Å². The van der Waals surface area contributed by atoms with Crippen molar-refractivity contribution in [1.82, 2.24) is 4.90 Å². The Morgan fingerprint density at radius 2 is 1.84 bits per heavy atom. The molecule has 0 saturated carbocycles. The van der Waals surface area contributed by atoms with Crippen LogP contribution in [-0.2, 0) is 22.5 Å². The van der Waals surface area contributed by atoms with E-state index in [9.17, 15) is 27.2 Å². The van der Waals surface area contributed by atoms with Gasteiger partial charge in [-0.05, 0) is 74.7 Å². The van der Waals surface area contributed by atoms with E-state index in [1.54, 1.807) is 20.8 Å². The fraction of sp³-hybridized carbons (Fsp3) is 0.296. The summed E-state index contributed by atoms with van der Waals surface area (Å²) in [6.07, 6.45) is -4.49. The van der Waals surface area contributed by atoms with E-state index in [0.29, 0.717) is 30.2 Å². The highest BCUT2D eigenvalue weighted by Gasteiger charge is 2.32. The zero-order valence-electron chi connectivity index (χ0n) is 21.0. The van der Waals surface area contributed by atoms with Crippen LogP contribution in [0.15, 0.2) is 60.3 Å². The Hall–Kier alpha value is -4.33. The summed E-state index contributed by atoms with van der Waals surface area (Å²) >= 11 is 0. The fourth-order valence-electron chi connectivity index (χ4n) is 3.58. The zero-order chi connectivity index (χ0) is 28.3. The standard InChI is InChI=1S/C27H26F4N4O3/c1-16(27(29,30)31)10-23(33-20-7-5-6-17(11-20)14-32)24(36)34-22-13-18-8-9-35(15-19(18)12-21(22)28)25(37)38-26(2,3)4/h5-7,10-13,33H,1,8-9,15H2,2-4H3,(H,34,36)/b23-10-. The van der Waals surface area contributed by atoms with E-state index in [-0.39, 0.29) is 23.5 Å². The summed E-state index contributed by atoms with van der Waals surface area (Å²) in [6, 6.07) is 10.2. The summed E-state index contributed by atoms with van der Waals surface area (Å²) in [4.78, 5) is 26.8. The van der Waals surface area contributed by atoms with Crippen molar-refractivity contribution in [2.75, 3.05) is 17.2 Å². The molecule has 0 radical (unpaired) electrons. The Balaban J connectivity index is 1.84. The lowest BCUT2D eigenvalue weighted by Gasteiger charge is -2.31. The van der Waals surface area contributed by atoms with Crippen LogP contribution in [0.3, 0.4) is 0 Å². The van der Waals surface area contributed by atoms with Crippen molar-refractivity contribution in [2.45, 2.75) is 45.5 Å². The minimum Gasteiger partial charge on any atom is -0.444 e. The van der Waals surface area contributed by atoms with Crippen LogP contribution < -0.4 is 10.6 Å². The topological polar surface area (TPSA) is 94.5 Å². The zero-order valence-corrected chi connectivity index (χ0v) is 21.0. The van der Waals surface area contributed by atoms with E-state index in [0.717, 1.165) is 0 Å². The van der Waals surface area contributed by atoms with Gasteiger partial charge in [-0.3, -0.25) is 4.79 Å². The molecular formula is C27H26F4N4O3. The van der Waals surface area contributed by atoms with Gasteiger partial charge in [0.2, 0.25) is 0 Å². The molecule has 2 aromatic carbocycles. The molecule has 0 bridgehead atoms. The number of halogens is 4. The number of nitrogens with one attached hydrogen (secondary N) is 2. The molecule has 0 unspecified atom stereocenters. The number of rotatable bonds is 5. The summed E-state index contributed by atoms with van der Waals surface area (Å²) in [5.41, 5.74) is -1.22. The highest BCUT2D eigenvalue weighted by atomic mass is 19.4. The number of hydrogen-bond donors (Lipinski definition) is 2. The number of ether oxygens (including phenoxy) is 1. The van der Waals surface area contributed by atoms with Gasteiger partial charge in [0.25, 0.3) is 5.91 Å². The maximum Gasteiger partial charge on any atom is 0.415 e. The second-order valence-corrected chi connectivity index (χ2v) is 9.61. The van der Waals surface area contributed by atoms with Gasteiger partial charge >= 0.3 is 12.3 Å². The molecule has 0 atom stereocenters. The quantitative estimate of drug-likeness (QED) is 0.279. The minimum absolute atomic E-state index is 0.0999. The molecule has 1 aliphatic heterocycles. The highest BCUT2D eigenvalue weighted by molar-refractivity contribution is 6.06. The summed E-state index contributed by atoms with van der Waals surface area (Å²) in [5.74, 6) is -1.88. The maximum absolute atomic E-state index is 15.0. The molecule has 1 heterocycles. The van der Waals surface area contributed by atoms with Gasteiger partial charge in [-0.15, -0.1) is 0 Å². The second-order valence-electron chi connectivity index (χ2n) is 9.61. The molecule has 38 heavy (non-hydrogen) atoms. The summed E-state index contributed by atoms with van der Waals surface area (Å²) < 4.78 is 59.8. The van der Waals surface area contributed by atoms with Crippen molar-refractivity contribution in [3.63, 3.8) is 0 Å². The Bertz CT molecular complexity index is 1340. The molecule has 0 aliphatic carbocycles. The van der Waals surface area contributed by atoms with Crippen LogP contribution in [0.25, 0.3) is 0 Å². The van der Waals surface area contributed by atoms with Gasteiger partial charge in [-0.2, -0.15) is 18.4 Å². The minimum atomic E-state index is -4.81. The third-order valence-electron chi connectivity index (χ3n) is 5.40. The predicted octanol–water partition coefficient (Wildman–Crippen LogP) is 6.04. The number of alkyl halides is 3. The van der Waals surface area contributed by atoms with E-state index < -0.39 is 40.9 Å². The summed E-state index contributed by atoms with van der Waals surface area (Å²) in [6.45, 7) is 8.56. The van der Waals surface area contributed by atoms with E-state index >= 15 is 0 Å². The van der Waals surface area contributed by atoms with Crippen LogP contribution in [0.2, 0.25) is 0 Å². The van der Waals surface area contributed by atoms with Gasteiger partial charge in [0.05, 0.1) is 22.9 Å². The molecule has 2 N–H and O–H groups in total. The average molecular weight is 531 g/mol. The Labute approximate surface area is 217 Å². The van der Waals surface area contributed by atoms with Crippen molar-refractivity contribution >= 4 is 23.4 Å². The Morgan fingerprint density at radius 3 is 2.47 bits per heavy atom. The molecular weight excluding hydrogens is 504 g/mol. The van der Waals surface area contributed by atoms with Crippen molar-refractivity contribution in [1.29, 1.82) is 5.26 Å². The number of fused-ring (bicyclic) bond motifs is 1. The first-order chi connectivity index (χ1) is 17.7. The third kappa shape index (κ3) is 7.35. The normalized spacial score (nSPS) is 13.7. The molecule has 0 aromatic heterocycles. The number of allylic oxidation sites excluding steroid dienone is 2. The lowest BCUT2D eigenvalue weighted by Crippen LogP contribution is -2.40. The van der Waals surface area contributed by atoms with Crippen LogP contribution >= 0.6 is 0 Å². The molecule has 200 valence electrons. The fourth-order valence-corrected chi connectivity index (χ4v) is 3.58. The van der Waals surface area contributed by atoms with Crippen molar-refractivity contribution < 1.29 is 31.9 Å². The number of anilines is 2. The summed E-state index contributed by atoms with van der Waals surface area (Å²) in [5, 5.41) is 13.9. The summed E-state index contributed by atoms with van der Waals surface area (Å²) in [7, 11) is 0. The van der Waals surface area contributed by atoms with Gasteiger partial charge in [0, 0.05) is 18.8 Å². The van der Waals surface area contributed by atoms with E-state index in [4.69, 9.17) is 10.00 Å². The molecule has 7 nitrogen and oxygen atoms in total. The first kappa shape index (κ1) is 28.2. The van der Waals surface area contributed by atoms with E-state index in [1.165, 1.54) is 41.3 Å². The van der Waals surface area contributed by atoms with Crippen molar-refractivity contribution in [3.05, 3.63) is 82.8 Å².